The van der Waals surface area contributed by atoms with E-state index in [1.807, 2.05) is 42.6 Å². The summed E-state index contributed by atoms with van der Waals surface area (Å²) in [4.78, 5) is 21.3. The minimum absolute atomic E-state index is 0.00775. The first kappa shape index (κ1) is 19.9. The van der Waals surface area contributed by atoms with Crippen LogP contribution in [0.4, 0.5) is 5.82 Å². The number of nitrogens with one attached hydrogen (secondary N) is 1. The van der Waals surface area contributed by atoms with Gasteiger partial charge in [-0.1, -0.05) is 13.0 Å². The molecule has 1 N–H and O–H groups in total. The maximum absolute atomic E-state index is 12.0. The van der Waals surface area contributed by atoms with Crippen LogP contribution in [0, 0.1) is 3.57 Å². The third kappa shape index (κ3) is 6.07. The number of pyridine rings is 1. The molecule has 144 valence electrons. The molecule has 2 aromatic rings. The summed E-state index contributed by atoms with van der Waals surface area (Å²) in [5, 5.41) is 2.87. The van der Waals surface area contributed by atoms with E-state index >= 15 is 0 Å². The van der Waals surface area contributed by atoms with Gasteiger partial charge in [-0.25, -0.2) is 4.98 Å². The van der Waals surface area contributed by atoms with Crippen molar-refractivity contribution in [3.63, 3.8) is 0 Å². The standard InChI is InChI=1S/C20H25IN4O2/c1-2-24-9-11-25(12-10-24)19-8-3-16(13-22-19)14-23-20(26)15-27-18-6-4-17(21)5-7-18/h3-8,13H,2,9-12,14-15H2,1H3,(H,23,26). The Balaban J connectivity index is 1.41. The summed E-state index contributed by atoms with van der Waals surface area (Å²) >= 11 is 2.23. The smallest absolute Gasteiger partial charge is 0.258 e. The van der Waals surface area contributed by atoms with E-state index in [1.165, 1.54) is 0 Å². The Morgan fingerprint density at radius 3 is 2.52 bits per heavy atom. The number of ether oxygens (including phenoxy) is 1. The molecule has 1 saturated heterocycles. The van der Waals surface area contributed by atoms with E-state index in [-0.39, 0.29) is 12.5 Å². The number of amides is 1. The quantitative estimate of drug-likeness (QED) is 0.618. The molecule has 3 rings (SSSR count). The zero-order valence-corrected chi connectivity index (χ0v) is 17.7. The lowest BCUT2D eigenvalue weighted by atomic mass is 10.2. The molecule has 7 heteroatoms. The molecule has 1 aromatic carbocycles. The molecule has 1 aliphatic rings. The molecule has 27 heavy (non-hydrogen) atoms. The first-order valence-electron chi connectivity index (χ1n) is 9.21. The monoisotopic (exact) mass is 480 g/mol. The van der Waals surface area contributed by atoms with Crippen molar-refractivity contribution in [2.24, 2.45) is 0 Å². The summed E-state index contributed by atoms with van der Waals surface area (Å²) in [5.41, 5.74) is 0.980. The number of carbonyl (C=O) groups is 1. The maximum atomic E-state index is 12.0. The molecule has 0 aliphatic carbocycles. The van der Waals surface area contributed by atoms with Crippen molar-refractivity contribution < 1.29 is 9.53 Å². The molecule has 6 nitrogen and oxygen atoms in total. The van der Waals surface area contributed by atoms with Crippen LogP contribution in [0.2, 0.25) is 0 Å². The van der Waals surface area contributed by atoms with E-state index in [0.717, 1.165) is 47.7 Å². The van der Waals surface area contributed by atoms with Crippen molar-refractivity contribution in [2.75, 3.05) is 44.2 Å². The molecule has 1 aliphatic heterocycles. The Hall–Kier alpha value is -1.87. The Kier molecular flexibility index (Phi) is 7.28. The van der Waals surface area contributed by atoms with E-state index in [4.69, 9.17) is 4.74 Å². The van der Waals surface area contributed by atoms with E-state index in [9.17, 15) is 4.79 Å². The maximum Gasteiger partial charge on any atom is 0.258 e. The van der Waals surface area contributed by atoms with E-state index in [0.29, 0.717) is 12.3 Å². The van der Waals surface area contributed by atoms with Crippen LogP contribution in [0.25, 0.3) is 0 Å². The van der Waals surface area contributed by atoms with Crippen molar-refractivity contribution in [1.82, 2.24) is 15.2 Å². The van der Waals surface area contributed by atoms with Crippen LogP contribution in [0.15, 0.2) is 42.6 Å². The minimum Gasteiger partial charge on any atom is -0.484 e. The van der Waals surface area contributed by atoms with Gasteiger partial charge in [0.25, 0.3) is 5.91 Å². The molecule has 0 radical (unpaired) electrons. The lowest BCUT2D eigenvalue weighted by Gasteiger charge is -2.34. The van der Waals surface area contributed by atoms with Crippen molar-refractivity contribution in [3.8, 4) is 5.75 Å². The van der Waals surface area contributed by atoms with Crippen molar-refractivity contribution >= 4 is 34.3 Å². The summed E-state index contributed by atoms with van der Waals surface area (Å²) in [6.45, 7) is 7.93. The zero-order chi connectivity index (χ0) is 19.1. The molecule has 1 aromatic heterocycles. The number of benzene rings is 1. The second-order valence-electron chi connectivity index (χ2n) is 6.47. The first-order chi connectivity index (χ1) is 13.1. The number of hydrogen-bond acceptors (Lipinski definition) is 5. The number of aromatic nitrogens is 1. The summed E-state index contributed by atoms with van der Waals surface area (Å²) in [7, 11) is 0. The molecule has 1 amide bonds. The van der Waals surface area contributed by atoms with Crippen LogP contribution in [0.5, 0.6) is 5.75 Å². The fraction of sp³-hybridized carbons (Fsp3) is 0.400. The fourth-order valence-electron chi connectivity index (χ4n) is 2.93. The normalized spacial score (nSPS) is 14.8. The van der Waals surface area contributed by atoms with Gasteiger partial charge in [-0.2, -0.15) is 0 Å². The molecule has 2 heterocycles. The molecule has 0 spiro atoms. The first-order valence-corrected chi connectivity index (χ1v) is 10.3. The van der Waals surface area contributed by atoms with Gasteiger partial charge in [-0.15, -0.1) is 0 Å². The van der Waals surface area contributed by atoms with Gasteiger partial charge in [0.05, 0.1) is 0 Å². The molecule has 0 unspecified atom stereocenters. The third-order valence-electron chi connectivity index (χ3n) is 4.63. The zero-order valence-electron chi connectivity index (χ0n) is 15.5. The Morgan fingerprint density at radius 1 is 1.15 bits per heavy atom. The summed E-state index contributed by atoms with van der Waals surface area (Å²) in [5.74, 6) is 1.55. The second-order valence-corrected chi connectivity index (χ2v) is 7.71. The Bertz CT molecular complexity index is 729. The van der Waals surface area contributed by atoms with Crippen LogP contribution in [0.1, 0.15) is 12.5 Å². The fourth-order valence-corrected chi connectivity index (χ4v) is 3.29. The Morgan fingerprint density at radius 2 is 1.89 bits per heavy atom. The number of anilines is 1. The average molecular weight is 480 g/mol. The van der Waals surface area contributed by atoms with Crippen LogP contribution < -0.4 is 15.0 Å². The van der Waals surface area contributed by atoms with Gasteiger partial charge >= 0.3 is 0 Å². The molecular weight excluding hydrogens is 455 g/mol. The van der Waals surface area contributed by atoms with Crippen LogP contribution in [-0.2, 0) is 11.3 Å². The van der Waals surface area contributed by atoms with Crippen molar-refractivity contribution in [1.29, 1.82) is 0 Å². The average Bonchev–Trinajstić information content (AvgIpc) is 2.72. The van der Waals surface area contributed by atoms with E-state index in [1.54, 1.807) is 0 Å². The minimum atomic E-state index is -0.145. The highest BCUT2D eigenvalue weighted by Crippen LogP contribution is 2.15. The van der Waals surface area contributed by atoms with Gasteiger partial charge in [0.2, 0.25) is 0 Å². The molecule has 1 fully saturated rings. The predicted octanol–water partition coefficient (Wildman–Crippen LogP) is 2.52. The topological polar surface area (TPSA) is 57.7 Å². The van der Waals surface area contributed by atoms with Crippen molar-refractivity contribution in [3.05, 3.63) is 51.7 Å². The highest BCUT2D eigenvalue weighted by Gasteiger charge is 2.16. The predicted molar refractivity (Wildman–Crippen MR) is 115 cm³/mol. The highest BCUT2D eigenvalue weighted by atomic mass is 127. The Labute approximate surface area is 174 Å². The molecular formula is C20H25IN4O2. The van der Waals surface area contributed by atoms with Crippen molar-refractivity contribution in [2.45, 2.75) is 13.5 Å². The molecule has 0 bridgehead atoms. The number of rotatable bonds is 7. The van der Waals surface area contributed by atoms with Gasteiger partial charge in [-0.05, 0) is 65.0 Å². The number of halogens is 1. The van der Waals surface area contributed by atoms with Gasteiger partial charge in [0, 0.05) is 42.5 Å². The highest BCUT2D eigenvalue weighted by molar-refractivity contribution is 14.1. The number of likely N-dealkylation sites (N-methyl/N-ethyl adjacent to an activating group) is 1. The summed E-state index contributed by atoms with van der Waals surface area (Å²) < 4.78 is 6.62. The lowest BCUT2D eigenvalue weighted by molar-refractivity contribution is -0.123. The number of hydrogen-bond donors (Lipinski definition) is 1. The molecule has 0 saturated carbocycles. The third-order valence-corrected chi connectivity index (χ3v) is 5.35. The number of piperazine rings is 1. The van der Waals surface area contributed by atoms with E-state index < -0.39 is 0 Å². The lowest BCUT2D eigenvalue weighted by Crippen LogP contribution is -2.46. The second kappa shape index (κ2) is 9.89. The number of carbonyl (C=O) groups excluding carboxylic acids is 1. The largest absolute Gasteiger partial charge is 0.484 e. The van der Waals surface area contributed by atoms with Crippen LogP contribution >= 0.6 is 22.6 Å². The molecule has 0 atom stereocenters. The SMILES string of the molecule is CCN1CCN(c2ccc(CNC(=O)COc3ccc(I)cc3)cn2)CC1. The van der Waals surface area contributed by atoms with Gasteiger partial charge < -0.3 is 19.9 Å². The van der Waals surface area contributed by atoms with Gasteiger partial charge in [-0.3, -0.25) is 4.79 Å². The van der Waals surface area contributed by atoms with Crippen LogP contribution in [-0.4, -0.2) is 55.1 Å². The van der Waals surface area contributed by atoms with E-state index in [2.05, 4.69) is 49.6 Å². The summed E-state index contributed by atoms with van der Waals surface area (Å²) in [6, 6.07) is 11.7. The van der Waals surface area contributed by atoms with Gasteiger partial charge in [0.1, 0.15) is 11.6 Å². The van der Waals surface area contributed by atoms with Gasteiger partial charge in [0.15, 0.2) is 6.61 Å². The summed E-state index contributed by atoms with van der Waals surface area (Å²) in [6.07, 6.45) is 1.84. The van der Waals surface area contributed by atoms with Crippen LogP contribution in [0.3, 0.4) is 0 Å². The number of nitrogens with zero attached hydrogens (tertiary/aromatic N) is 3.